The predicted molar refractivity (Wildman–Crippen MR) is 83.4 cm³/mol. The molecule has 1 atom stereocenters. The molecule has 0 radical (unpaired) electrons. The van der Waals surface area contributed by atoms with Crippen LogP contribution < -0.4 is 15.4 Å². The molecule has 0 aliphatic rings. The lowest BCUT2D eigenvalue weighted by atomic mass is 10.3. The number of benzene rings is 1. The second-order valence-corrected chi connectivity index (χ2v) is 5.31. The van der Waals surface area contributed by atoms with Gasteiger partial charge in [-0.1, -0.05) is 22.0 Å². The highest BCUT2D eigenvalue weighted by Crippen LogP contribution is 2.17. The molecule has 0 aromatic heterocycles. The molecule has 21 heavy (non-hydrogen) atoms. The fourth-order valence-electron chi connectivity index (χ4n) is 1.52. The third-order valence-corrected chi connectivity index (χ3v) is 3.03. The van der Waals surface area contributed by atoms with E-state index in [4.69, 9.17) is 9.47 Å². The first-order valence-electron chi connectivity index (χ1n) is 6.64. The van der Waals surface area contributed by atoms with E-state index in [1.807, 2.05) is 24.3 Å². The van der Waals surface area contributed by atoms with E-state index < -0.39 is 6.10 Å². The molecule has 118 valence electrons. The van der Waals surface area contributed by atoms with E-state index in [2.05, 4.69) is 26.6 Å². The number of halogens is 1. The lowest BCUT2D eigenvalue weighted by Gasteiger charge is -2.13. The number of aliphatic hydroxyl groups excluding tert-OH is 1. The Morgan fingerprint density at radius 1 is 1.48 bits per heavy atom. The minimum absolute atomic E-state index is 0.132. The van der Waals surface area contributed by atoms with Crippen LogP contribution in [0.5, 0.6) is 5.75 Å². The molecule has 1 rings (SSSR count). The number of carbonyl (C=O) groups excluding carboxylic acids is 1. The summed E-state index contributed by atoms with van der Waals surface area (Å²) in [6.07, 6.45) is -0.684. The molecule has 0 heterocycles. The second-order valence-electron chi connectivity index (χ2n) is 4.40. The van der Waals surface area contributed by atoms with E-state index in [1.165, 1.54) is 0 Å². The maximum absolute atomic E-state index is 11.4. The standard InChI is InChI=1S/C14H21BrN2O4/c1-20-6-5-17-14(19)9-16-8-12(18)10-21-13-4-2-3-11(15)7-13/h2-4,7,12,16,18H,5-6,8-10H2,1H3,(H,17,19). The third kappa shape index (κ3) is 8.67. The highest BCUT2D eigenvalue weighted by atomic mass is 79.9. The number of hydrogen-bond donors (Lipinski definition) is 3. The van der Waals surface area contributed by atoms with Gasteiger partial charge >= 0.3 is 0 Å². The summed E-state index contributed by atoms with van der Waals surface area (Å²) in [5.41, 5.74) is 0. The average molecular weight is 361 g/mol. The summed E-state index contributed by atoms with van der Waals surface area (Å²) in [5.74, 6) is 0.549. The maximum Gasteiger partial charge on any atom is 0.234 e. The van der Waals surface area contributed by atoms with Crippen molar-refractivity contribution in [2.24, 2.45) is 0 Å². The van der Waals surface area contributed by atoms with Crippen molar-refractivity contribution in [3.8, 4) is 5.75 Å². The van der Waals surface area contributed by atoms with Crippen molar-refractivity contribution >= 4 is 21.8 Å². The van der Waals surface area contributed by atoms with Crippen molar-refractivity contribution < 1.29 is 19.4 Å². The Hall–Kier alpha value is -1.15. The van der Waals surface area contributed by atoms with Gasteiger partial charge in [-0.05, 0) is 18.2 Å². The molecule has 3 N–H and O–H groups in total. The lowest BCUT2D eigenvalue weighted by Crippen LogP contribution is -2.39. The van der Waals surface area contributed by atoms with Crippen LogP contribution >= 0.6 is 15.9 Å². The van der Waals surface area contributed by atoms with Crippen LogP contribution in [0, 0.1) is 0 Å². The molecule has 0 aliphatic heterocycles. The van der Waals surface area contributed by atoms with Crippen molar-refractivity contribution in [3.05, 3.63) is 28.7 Å². The summed E-state index contributed by atoms with van der Waals surface area (Å²) >= 11 is 3.34. The minimum Gasteiger partial charge on any atom is -0.491 e. The van der Waals surface area contributed by atoms with E-state index in [-0.39, 0.29) is 25.6 Å². The fourth-order valence-corrected chi connectivity index (χ4v) is 1.89. The molecule has 0 saturated carbocycles. The monoisotopic (exact) mass is 360 g/mol. The zero-order valence-electron chi connectivity index (χ0n) is 12.0. The first-order valence-corrected chi connectivity index (χ1v) is 7.44. The van der Waals surface area contributed by atoms with E-state index in [0.717, 1.165) is 4.47 Å². The Morgan fingerprint density at radius 2 is 2.29 bits per heavy atom. The molecule has 1 unspecified atom stereocenters. The molecule has 0 bridgehead atoms. The Balaban J connectivity index is 2.11. The van der Waals surface area contributed by atoms with Gasteiger partial charge in [0.1, 0.15) is 18.5 Å². The summed E-state index contributed by atoms with van der Waals surface area (Å²) in [6.45, 7) is 1.55. The molecule has 1 aromatic rings. The molecule has 0 spiro atoms. The van der Waals surface area contributed by atoms with Gasteiger partial charge in [0.05, 0.1) is 13.2 Å². The van der Waals surface area contributed by atoms with Crippen molar-refractivity contribution in [2.75, 3.05) is 40.0 Å². The molecule has 0 aliphatic carbocycles. The minimum atomic E-state index is -0.684. The molecule has 0 saturated heterocycles. The van der Waals surface area contributed by atoms with Gasteiger partial charge in [0.15, 0.2) is 0 Å². The molecular formula is C14H21BrN2O4. The number of methoxy groups -OCH3 is 1. The smallest absolute Gasteiger partial charge is 0.234 e. The van der Waals surface area contributed by atoms with Crippen LogP contribution in [-0.4, -0.2) is 57.1 Å². The number of ether oxygens (including phenoxy) is 2. The first kappa shape index (κ1) is 17.9. The topological polar surface area (TPSA) is 79.8 Å². The Morgan fingerprint density at radius 3 is 3.00 bits per heavy atom. The molecule has 7 heteroatoms. The van der Waals surface area contributed by atoms with Crippen LogP contribution in [0.1, 0.15) is 0 Å². The summed E-state index contributed by atoms with van der Waals surface area (Å²) in [5, 5.41) is 15.3. The van der Waals surface area contributed by atoms with Gasteiger partial charge in [0.25, 0.3) is 0 Å². The quantitative estimate of drug-likeness (QED) is 0.530. The van der Waals surface area contributed by atoms with Crippen LogP contribution in [0.15, 0.2) is 28.7 Å². The van der Waals surface area contributed by atoms with Gasteiger partial charge in [-0.3, -0.25) is 4.79 Å². The van der Waals surface area contributed by atoms with Gasteiger partial charge in [0, 0.05) is 24.7 Å². The largest absolute Gasteiger partial charge is 0.491 e. The van der Waals surface area contributed by atoms with Crippen molar-refractivity contribution in [1.82, 2.24) is 10.6 Å². The van der Waals surface area contributed by atoms with Gasteiger partial charge < -0.3 is 25.2 Å². The maximum atomic E-state index is 11.4. The normalized spacial score (nSPS) is 12.0. The Kier molecular flexibility index (Phi) is 9.00. The van der Waals surface area contributed by atoms with Gasteiger partial charge in [-0.2, -0.15) is 0 Å². The van der Waals surface area contributed by atoms with Crippen LogP contribution in [0.2, 0.25) is 0 Å². The SMILES string of the molecule is COCCNC(=O)CNCC(O)COc1cccc(Br)c1. The van der Waals surface area contributed by atoms with Crippen LogP contribution in [0.4, 0.5) is 0 Å². The fraction of sp³-hybridized carbons (Fsp3) is 0.500. The number of nitrogens with one attached hydrogen (secondary N) is 2. The van der Waals surface area contributed by atoms with E-state index in [9.17, 15) is 9.90 Å². The van der Waals surface area contributed by atoms with Crippen LogP contribution in [0.25, 0.3) is 0 Å². The second kappa shape index (κ2) is 10.6. The number of carbonyl (C=O) groups is 1. The van der Waals surface area contributed by atoms with E-state index in [0.29, 0.717) is 18.9 Å². The highest BCUT2D eigenvalue weighted by Gasteiger charge is 2.07. The van der Waals surface area contributed by atoms with Gasteiger partial charge in [0.2, 0.25) is 5.91 Å². The average Bonchev–Trinajstić information content (AvgIpc) is 2.45. The van der Waals surface area contributed by atoms with Crippen LogP contribution in [-0.2, 0) is 9.53 Å². The number of rotatable bonds is 10. The van der Waals surface area contributed by atoms with Crippen molar-refractivity contribution in [1.29, 1.82) is 0 Å². The van der Waals surface area contributed by atoms with Crippen molar-refractivity contribution in [2.45, 2.75) is 6.10 Å². The highest BCUT2D eigenvalue weighted by molar-refractivity contribution is 9.10. The number of amides is 1. The number of aliphatic hydroxyl groups is 1. The summed E-state index contributed by atoms with van der Waals surface area (Å²) < 4.78 is 11.2. The third-order valence-electron chi connectivity index (χ3n) is 2.53. The van der Waals surface area contributed by atoms with Crippen LogP contribution in [0.3, 0.4) is 0 Å². The molecule has 0 fully saturated rings. The molecular weight excluding hydrogens is 340 g/mol. The van der Waals surface area contributed by atoms with Gasteiger partial charge in [-0.25, -0.2) is 0 Å². The lowest BCUT2D eigenvalue weighted by molar-refractivity contribution is -0.120. The molecule has 1 aromatic carbocycles. The Labute approximate surface area is 133 Å². The summed E-state index contributed by atoms with van der Waals surface area (Å²) in [7, 11) is 1.58. The molecule has 1 amide bonds. The van der Waals surface area contributed by atoms with Gasteiger partial charge in [-0.15, -0.1) is 0 Å². The van der Waals surface area contributed by atoms with Crippen molar-refractivity contribution in [3.63, 3.8) is 0 Å². The number of hydrogen-bond acceptors (Lipinski definition) is 5. The predicted octanol–water partition coefficient (Wildman–Crippen LogP) is 0.541. The Bertz CT molecular complexity index is 431. The van der Waals surface area contributed by atoms with E-state index in [1.54, 1.807) is 7.11 Å². The molecule has 6 nitrogen and oxygen atoms in total. The summed E-state index contributed by atoms with van der Waals surface area (Å²) in [6, 6.07) is 7.39. The zero-order valence-corrected chi connectivity index (χ0v) is 13.6. The first-order chi connectivity index (χ1) is 10.1. The summed E-state index contributed by atoms with van der Waals surface area (Å²) in [4.78, 5) is 11.4. The zero-order chi connectivity index (χ0) is 15.5. The van der Waals surface area contributed by atoms with E-state index >= 15 is 0 Å².